The Morgan fingerprint density at radius 2 is 1.72 bits per heavy atom. The first-order valence-electron chi connectivity index (χ1n) is 5.46. The van der Waals surface area contributed by atoms with Gasteiger partial charge in [0.05, 0.1) is 0 Å². The van der Waals surface area contributed by atoms with E-state index in [1.807, 2.05) is 0 Å². The fourth-order valence-electron chi connectivity index (χ4n) is 1.76. The SMILES string of the molecule is CCc1cccc2[cH-]c(C)cc12.C[Si]C.[Cl-].[Cl-].[Zr+3]. The minimum absolute atomic E-state index is 0. The summed E-state index contributed by atoms with van der Waals surface area (Å²) in [6, 6.07) is 11.0. The van der Waals surface area contributed by atoms with E-state index in [0.717, 1.165) is 15.9 Å². The fraction of sp³-hybridized carbons (Fsp3) is 0.357. The summed E-state index contributed by atoms with van der Waals surface area (Å²) in [7, 11) is 1.08. The summed E-state index contributed by atoms with van der Waals surface area (Å²) in [5, 5.41) is 2.81. The van der Waals surface area contributed by atoms with Gasteiger partial charge in [0.1, 0.15) is 0 Å². The molecule has 2 aromatic carbocycles. The van der Waals surface area contributed by atoms with E-state index in [2.05, 4.69) is 57.3 Å². The van der Waals surface area contributed by atoms with E-state index in [0.29, 0.717) is 0 Å². The average Bonchev–Trinajstić information content (AvgIpc) is 2.58. The van der Waals surface area contributed by atoms with Gasteiger partial charge in [-0.05, 0) is 6.42 Å². The third kappa shape index (κ3) is 6.61. The molecule has 0 saturated heterocycles. The van der Waals surface area contributed by atoms with Crippen molar-refractivity contribution in [3.8, 4) is 0 Å². The van der Waals surface area contributed by atoms with Crippen molar-refractivity contribution in [3.05, 3.63) is 41.5 Å². The second-order valence-corrected chi connectivity index (χ2v) is 4.81. The second kappa shape index (κ2) is 12.5. The van der Waals surface area contributed by atoms with E-state index < -0.39 is 0 Å². The van der Waals surface area contributed by atoms with Crippen molar-refractivity contribution in [2.24, 2.45) is 0 Å². The number of halogens is 2. The van der Waals surface area contributed by atoms with E-state index in [4.69, 9.17) is 0 Å². The fourth-order valence-corrected chi connectivity index (χ4v) is 1.76. The van der Waals surface area contributed by atoms with Crippen molar-refractivity contribution in [2.45, 2.75) is 33.4 Å². The third-order valence-electron chi connectivity index (χ3n) is 2.37. The second-order valence-electron chi connectivity index (χ2n) is 3.81. The number of hydrogen-bond donors (Lipinski definition) is 0. The van der Waals surface area contributed by atoms with Gasteiger partial charge in [-0.1, -0.05) is 38.6 Å². The summed E-state index contributed by atoms with van der Waals surface area (Å²) >= 11 is 0. The summed E-state index contributed by atoms with van der Waals surface area (Å²) in [5.41, 5.74) is 2.83. The molecule has 0 atom stereocenters. The van der Waals surface area contributed by atoms with E-state index in [-0.39, 0.29) is 51.0 Å². The summed E-state index contributed by atoms with van der Waals surface area (Å²) in [5.74, 6) is 0. The summed E-state index contributed by atoms with van der Waals surface area (Å²) in [6.45, 7) is 8.66. The molecule has 0 nitrogen and oxygen atoms in total. The number of rotatable bonds is 1. The van der Waals surface area contributed by atoms with Crippen molar-refractivity contribution in [3.63, 3.8) is 0 Å². The van der Waals surface area contributed by atoms with Crippen molar-refractivity contribution in [2.75, 3.05) is 0 Å². The predicted molar refractivity (Wildman–Crippen MR) is 71.1 cm³/mol. The normalized spacial score (nSPS) is 8.22. The number of aryl methyl sites for hydroxylation is 2. The van der Waals surface area contributed by atoms with Crippen molar-refractivity contribution < 1.29 is 51.0 Å². The molecular weight excluding hydrogens is 358 g/mol. The van der Waals surface area contributed by atoms with Gasteiger partial charge in [0.25, 0.3) is 0 Å². The third-order valence-corrected chi connectivity index (χ3v) is 2.37. The zero-order chi connectivity index (χ0) is 11.3. The summed E-state index contributed by atoms with van der Waals surface area (Å²) in [6.07, 6.45) is 1.13. The molecule has 3 radical (unpaired) electrons. The minimum Gasteiger partial charge on any atom is -1.00 e. The van der Waals surface area contributed by atoms with Gasteiger partial charge in [-0.15, -0.1) is 34.5 Å². The topological polar surface area (TPSA) is 0 Å². The maximum atomic E-state index is 2.27. The van der Waals surface area contributed by atoms with Gasteiger partial charge in [0, 0.05) is 9.52 Å². The molecule has 97 valence electrons. The van der Waals surface area contributed by atoms with Gasteiger partial charge in [0.2, 0.25) is 0 Å². The van der Waals surface area contributed by atoms with Crippen molar-refractivity contribution >= 4 is 20.3 Å². The molecule has 0 spiro atoms. The Hall–Kier alpha value is 0.510. The molecule has 0 N–H and O–H groups in total. The number of benzene rings is 1. The van der Waals surface area contributed by atoms with E-state index >= 15 is 0 Å². The molecule has 0 aliphatic carbocycles. The van der Waals surface area contributed by atoms with Crippen LogP contribution in [0.5, 0.6) is 0 Å². The average molecular weight is 378 g/mol. The molecule has 4 heteroatoms. The molecule has 2 aromatic rings. The molecule has 0 fully saturated rings. The molecule has 0 bridgehead atoms. The van der Waals surface area contributed by atoms with E-state index in [9.17, 15) is 0 Å². The van der Waals surface area contributed by atoms with Gasteiger partial charge in [-0.2, -0.15) is 6.07 Å². The predicted octanol–water partition coefficient (Wildman–Crippen LogP) is -1.78. The Morgan fingerprint density at radius 3 is 2.22 bits per heavy atom. The maximum Gasteiger partial charge on any atom is 3.00 e. The minimum atomic E-state index is 0. The van der Waals surface area contributed by atoms with E-state index in [1.54, 1.807) is 0 Å². The standard InChI is InChI=1S/C12H13.C2H6Si.2ClH.Zr/c1-3-10-5-4-6-11-7-9(2)8-12(10)11;1-3-2;;;/h4-8H,3H2,1-2H3;1-2H3;2*1H;/q-1;;;;+3/p-2. The van der Waals surface area contributed by atoms with Crippen LogP contribution in [0.2, 0.25) is 13.1 Å². The zero-order valence-electron chi connectivity index (χ0n) is 11.3. The quantitative estimate of drug-likeness (QED) is 0.407. The van der Waals surface area contributed by atoms with Crippen LogP contribution < -0.4 is 24.8 Å². The first-order valence-corrected chi connectivity index (χ1v) is 7.46. The zero-order valence-corrected chi connectivity index (χ0v) is 16.3. The number of fused-ring (bicyclic) bond motifs is 1. The van der Waals surface area contributed by atoms with Crippen LogP contribution >= 0.6 is 0 Å². The molecule has 0 unspecified atom stereocenters. The van der Waals surface area contributed by atoms with Gasteiger partial charge in [-0.25, -0.2) is 0 Å². The van der Waals surface area contributed by atoms with Crippen LogP contribution in [0.4, 0.5) is 0 Å². The van der Waals surface area contributed by atoms with Crippen LogP contribution in [0.3, 0.4) is 0 Å². The van der Waals surface area contributed by atoms with Crippen LogP contribution in [0, 0.1) is 6.92 Å². The number of hydrogen-bond acceptors (Lipinski definition) is 0. The van der Waals surface area contributed by atoms with Gasteiger partial charge >= 0.3 is 26.2 Å². The Morgan fingerprint density at radius 1 is 1.17 bits per heavy atom. The van der Waals surface area contributed by atoms with Crippen LogP contribution in [0.15, 0.2) is 30.3 Å². The van der Waals surface area contributed by atoms with Gasteiger partial charge in [-0.3, -0.25) is 0 Å². The first-order chi connectivity index (χ1) is 7.22. The van der Waals surface area contributed by atoms with Gasteiger partial charge in [0.15, 0.2) is 0 Å². The maximum absolute atomic E-state index is 2.27. The smallest absolute Gasteiger partial charge is 1.00 e. The molecule has 0 heterocycles. The van der Waals surface area contributed by atoms with Gasteiger partial charge < -0.3 is 24.8 Å². The van der Waals surface area contributed by atoms with Crippen LogP contribution in [0.25, 0.3) is 10.8 Å². The largest absolute Gasteiger partial charge is 3.00 e. The molecule has 0 aliphatic heterocycles. The molecule has 0 amide bonds. The van der Waals surface area contributed by atoms with E-state index in [1.165, 1.54) is 21.9 Å². The first kappa shape index (κ1) is 23.6. The van der Waals surface area contributed by atoms with Crippen LogP contribution in [-0.2, 0) is 32.6 Å². The van der Waals surface area contributed by atoms with Crippen molar-refractivity contribution in [1.29, 1.82) is 0 Å². The Kier molecular flexibility index (Phi) is 16.4. The molecule has 2 rings (SSSR count). The van der Waals surface area contributed by atoms with Crippen LogP contribution in [0.1, 0.15) is 18.1 Å². The van der Waals surface area contributed by atoms with Crippen molar-refractivity contribution in [1.82, 2.24) is 0 Å². The Bertz CT molecular complexity index is 427. The summed E-state index contributed by atoms with van der Waals surface area (Å²) in [4.78, 5) is 0. The molecule has 18 heavy (non-hydrogen) atoms. The monoisotopic (exact) mass is 375 g/mol. The summed E-state index contributed by atoms with van der Waals surface area (Å²) < 4.78 is 0. The Balaban J connectivity index is -0.000000345. The molecular formula is C14H19Cl2SiZr. The van der Waals surface area contributed by atoms with Crippen LogP contribution in [-0.4, -0.2) is 9.52 Å². The molecule has 0 saturated carbocycles. The molecule has 0 aromatic heterocycles. The Labute approximate surface area is 145 Å². The molecule has 0 aliphatic rings.